The highest BCUT2D eigenvalue weighted by Crippen LogP contribution is 2.42. The van der Waals surface area contributed by atoms with E-state index in [2.05, 4.69) is 4.98 Å². The highest BCUT2D eigenvalue weighted by Gasteiger charge is 2.44. The van der Waals surface area contributed by atoms with Crippen LogP contribution in [0, 0.1) is 6.92 Å². The summed E-state index contributed by atoms with van der Waals surface area (Å²) in [5.41, 5.74) is 2.18. The maximum absolute atomic E-state index is 13.4. The number of carbonyl (C=O) groups excluding carboxylic acids is 1. The number of aryl methyl sites for hydroxylation is 1. The Labute approximate surface area is 168 Å². The number of hydrogen-bond donors (Lipinski definition) is 0. The maximum atomic E-state index is 13.4. The third-order valence-corrected chi connectivity index (χ3v) is 5.82. The van der Waals surface area contributed by atoms with Gasteiger partial charge in [0.15, 0.2) is 10.6 Å². The third kappa shape index (κ3) is 2.49. The topological polar surface area (TPSA) is 63.4 Å². The molecule has 0 N–H and O–H groups in total. The fourth-order valence-corrected chi connectivity index (χ4v) is 4.48. The predicted molar refractivity (Wildman–Crippen MR) is 109 cm³/mol. The van der Waals surface area contributed by atoms with Crippen molar-refractivity contribution in [1.82, 2.24) is 4.98 Å². The van der Waals surface area contributed by atoms with Crippen LogP contribution in [-0.2, 0) is 0 Å². The van der Waals surface area contributed by atoms with Crippen molar-refractivity contribution in [3.8, 4) is 0 Å². The number of carbonyl (C=O) groups is 1. The molecule has 2 aromatic carbocycles. The van der Waals surface area contributed by atoms with Crippen molar-refractivity contribution >= 4 is 44.9 Å². The fraction of sp³-hybridized carbons (Fsp3) is 0.0952. The van der Waals surface area contributed by atoms with Crippen LogP contribution in [0.2, 0.25) is 5.02 Å². The Hall–Kier alpha value is -2.96. The van der Waals surface area contributed by atoms with Crippen LogP contribution in [0.3, 0.4) is 0 Å². The van der Waals surface area contributed by atoms with Crippen molar-refractivity contribution in [2.45, 2.75) is 13.0 Å². The van der Waals surface area contributed by atoms with Crippen LogP contribution in [0.1, 0.15) is 33.3 Å². The summed E-state index contributed by atoms with van der Waals surface area (Å²) in [6.45, 7) is 1.91. The van der Waals surface area contributed by atoms with E-state index in [-0.39, 0.29) is 17.1 Å². The van der Waals surface area contributed by atoms with Crippen molar-refractivity contribution in [2.75, 3.05) is 4.90 Å². The Balaban J connectivity index is 1.85. The summed E-state index contributed by atoms with van der Waals surface area (Å²) in [5, 5.41) is 3.27. The number of rotatable bonds is 2. The molecule has 3 heterocycles. The van der Waals surface area contributed by atoms with Gasteiger partial charge in [0.2, 0.25) is 5.76 Å². The SMILES string of the molecule is Cc1ccc2oc3c(c(=O)c2c1)[C@H](c1cccc(Cl)c1)N(c1nccs1)C3=O. The van der Waals surface area contributed by atoms with Gasteiger partial charge in [0.25, 0.3) is 5.91 Å². The molecule has 28 heavy (non-hydrogen) atoms. The number of halogens is 1. The molecule has 7 heteroatoms. The molecule has 138 valence electrons. The molecule has 0 unspecified atom stereocenters. The first-order chi connectivity index (χ1) is 13.5. The number of fused-ring (bicyclic) bond motifs is 2. The van der Waals surface area contributed by atoms with Crippen LogP contribution < -0.4 is 10.3 Å². The number of amides is 1. The molecule has 1 amide bonds. The van der Waals surface area contributed by atoms with Gasteiger partial charge in [0.1, 0.15) is 5.58 Å². The minimum Gasteiger partial charge on any atom is -0.450 e. The molecule has 1 atom stereocenters. The van der Waals surface area contributed by atoms with Gasteiger partial charge in [-0.05, 0) is 36.8 Å². The standard InChI is InChI=1S/C21H13ClN2O3S/c1-11-5-6-15-14(9-11)18(25)16-17(12-3-2-4-13(22)10-12)24(20(26)19(16)27-15)21-23-7-8-28-21/h2-10,17H,1H3/t17-/m0/s1. The second-order valence-corrected chi connectivity index (χ2v) is 7.93. The molecular weight excluding hydrogens is 396 g/mol. The zero-order chi connectivity index (χ0) is 19.4. The van der Waals surface area contributed by atoms with E-state index in [0.717, 1.165) is 11.1 Å². The van der Waals surface area contributed by atoms with E-state index >= 15 is 0 Å². The Kier molecular flexibility index (Phi) is 3.86. The summed E-state index contributed by atoms with van der Waals surface area (Å²) in [6, 6.07) is 11.9. The summed E-state index contributed by atoms with van der Waals surface area (Å²) < 4.78 is 5.92. The molecule has 0 fully saturated rings. The fourth-order valence-electron chi connectivity index (χ4n) is 3.61. The molecule has 5 nitrogen and oxygen atoms in total. The lowest BCUT2D eigenvalue weighted by molar-refractivity contribution is 0.0971. The lowest BCUT2D eigenvalue weighted by atomic mass is 9.98. The minimum atomic E-state index is -0.645. The van der Waals surface area contributed by atoms with Gasteiger partial charge in [0, 0.05) is 16.6 Å². The van der Waals surface area contributed by atoms with E-state index in [0.29, 0.717) is 26.7 Å². The van der Waals surface area contributed by atoms with Crippen molar-refractivity contribution in [2.24, 2.45) is 0 Å². The van der Waals surface area contributed by atoms with E-state index in [4.69, 9.17) is 16.0 Å². The summed E-state index contributed by atoms with van der Waals surface area (Å²) in [4.78, 5) is 32.5. The van der Waals surface area contributed by atoms with Gasteiger partial charge in [-0.1, -0.05) is 35.4 Å². The van der Waals surface area contributed by atoms with Crippen molar-refractivity contribution in [1.29, 1.82) is 0 Å². The van der Waals surface area contributed by atoms with Gasteiger partial charge in [-0.25, -0.2) is 4.98 Å². The molecule has 5 rings (SSSR count). The van der Waals surface area contributed by atoms with Crippen molar-refractivity contribution < 1.29 is 9.21 Å². The smallest absolute Gasteiger partial charge is 0.297 e. The molecular formula is C21H13ClN2O3S. The van der Waals surface area contributed by atoms with Crippen LogP contribution in [0.25, 0.3) is 11.0 Å². The number of hydrogen-bond acceptors (Lipinski definition) is 5. The molecule has 0 aliphatic carbocycles. The van der Waals surface area contributed by atoms with E-state index in [1.165, 1.54) is 16.2 Å². The highest BCUT2D eigenvalue weighted by molar-refractivity contribution is 7.13. The van der Waals surface area contributed by atoms with Crippen LogP contribution in [0.15, 0.2) is 63.3 Å². The molecule has 0 saturated heterocycles. The van der Waals surface area contributed by atoms with E-state index in [1.54, 1.807) is 41.9 Å². The van der Waals surface area contributed by atoms with Crippen LogP contribution in [0.5, 0.6) is 0 Å². The number of aromatic nitrogens is 1. The number of nitrogens with zero attached hydrogens (tertiary/aromatic N) is 2. The van der Waals surface area contributed by atoms with E-state index in [9.17, 15) is 9.59 Å². The molecule has 0 radical (unpaired) electrons. The lowest BCUT2D eigenvalue weighted by Crippen LogP contribution is -2.29. The third-order valence-electron chi connectivity index (χ3n) is 4.82. The normalized spacial score (nSPS) is 16.0. The average molecular weight is 409 g/mol. The van der Waals surface area contributed by atoms with Crippen LogP contribution in [-0.4, -0.2) is 10.9 Å². The van der Waals surface area contributed by atoms with E-state index in [1.807, 2.05) is 19.1 Å². The second-order valence-electron chi connectivity index (χ2n) is 6.62. The average Bonchev–Trinajstić information content (AvgIpc) is 3.29. The zero-order valence-electron chi connectivity index (χ0n) is 14.7. The predicted octanol–water partition coefficient (Wildman–Crippen LogP) is 4.96. The van der Waals surface area contributed by atoms with Gasteiger partial charge in [-0.3, -0.25) is 14.5 Å². The quantitative estimate of drug-likeness (QED) is 0.470. The lowest BCUT2D eigenvalue weighted by Gasteiger charge is -2.22. The second kappa shape index (κ2) is 6.29. The number of thiazole rings is 1. The van der Waals surface area contributed by atoms with Gasteiger partial charge in [-0.2, -0.15) is 0 Å². The molecule has 0 spiro atoms. The Morgan fingerprint density at radius 3 is 2.79 bits per heavy atom. The Morgan fingerprint density at radius 1 is 1.18 bits per heavy atom. The summed E-state index contributed by atoms with van der Waals surface area (Å²) in [5.74, 6) is -0.323. The molecule has 1 aliphatic heterocycles. The molecule has 4 aromatic rings. The van der Waals surface area contributed by atoms with Gasteiger partial charge in [-0.15, -0.1) is 11.3 Å². The minimum absolute atomic E-state index is 0.0570. The summed E-state index contributed by atoms with van der Waals surface area (Å²) in [7, 11) is 0. The van der Waals surface area contributed by atoms with Crippen molar-refractivity contribution in [3.05, 3.63) is 91.7 Å². The molecule has 0 saturated carbocycles. The van der Waals surface area contributed by atoms with Crippen LogP contribution >= 0.6 is 22.9 Å². The molecule has 0 bridgehead atoms. The first kappa shape index (κ1) is 17.2. The van der Waals surface area contributed by atoms with Crippen LogP contribution in [0.4, 0.5) is 5.13 Å². The largest absolute Gasteiger partial charge is 0.450 e. The number of anilines is 1. The Morgan fingerprint density at radius 2 is 2.04 bits per heavy atom. The zero-order valence-corrected chi connectivity index (χ0v) is 16.3. The Bertz CT molecular complexity index is 1300. The first-order valence-corrected chi connectivity index (χ1v) is 9.86. The highest BCUT2D eigenvalue weighted by atomic mass is 35.5. The molecule has 1 aliphatic rings. The first-order valence-electron chi connectivity index (χ1n) is 8.60. The van der Waals surface area contributed by atoms with Crippen molar-refractivity contribution in [3.63, 3.8) is 0 Å². The van der Waals surface area contributed by atoms with Gasteiger partial charge in [0.05, 0.1) is 17.0 Å². The van der Waals surface area contributed by atoms with E-state index < -0.39 is 6.04 Å². The maximum Gasteiger partial charge on any atom is 0.297 e. The summed E-state index contributed by atoms with van der Waals surface area (Å²) in [6.07, 6.45) is 1.63. The molecule has 2 aromatic heterocycles. The number of benzene rings is 2. The monoisotopic (exact) mass is 408 g/mol. The van der Waals surface area contributed by atoms with Gasteiger partial charge < -0.3 is 4.42 Å². The van der Waals surface area contributed by atoms with Gasteiger partial charge >= 0.3 is 0 Å². The summed E-state index contributed by atoms with van der Waals surface area (Å²) >= 11 is 7.52.